The highest BCUT2D eigenvalue weighted by atomic mass is 16.2. The molecule has 0 radical (unpaired) electrons. The van der Waals surface area contributed by atoms with Gasteiger partial charge in [-0.3, -0.25) is 4.79 Å². The molecule has 0 heterocycles. The van der Waals surface area contributed by atoms with Gasteiger partial charge in [-0.2, -0.15) is 0 Å². The zero-order chi connectivity index (χ0) is 14.4. The second kappa shape index (κ2) is 6.78. The minimum Gasteiger partial charge on any atom is -0.326 e. The fourth-order valence-corrected chi connectivity index (χ4v) is 1.74. The molecule has 0 aliphatic carbocycles. The van der Waals surface area contributed by atoms with E-state index in [0.717, 1.165) is 5.56 Å². The fourth-order valence-electron chi connectivity index (χ4n) is 1.74. The molecular weight excluding hydrogens is 242 g/mol. The molecule has 0 spiro atoms. The van der Waals surface area contributed by atoms with E-state index in [4.69, 9.17) is 0 Å². The Morgan fingerprint density at radius 2 is 1.79 bits per heavy atom. The third-order valence-corrected chi connectivity index (χ3v) is 2.85. The first-order valence-electron chi connectivity index (χ1n) is 6.42. The minimum absolute atomic E-state index is 0.129. The molecule has 1 aromatic carbocycles. The van der Waals surface area contributed by atoms with E-state index >= 15 is 0 Å². The Kier molecular flexibility index (Phi) is 5.36. The van der Waals surface area contributed by atoms with E-state index in [1.165, 1.54) is 6.92 Å². The molecule has 2 N–H and O–H groups in total. The summed E-state index contributed by atoms with van der Waals surface area (Å²) in [5.41, 5.74) is 2.34. The topological polar surface area (TPSA) is 61.4 Å². The van der Waals surface area contributed by atoms with Crippen molar-refractivity contribution in [3.63, 3.8) is 0 Å². The molecule has 19 heavy (non-hydrogen) atoms. The predicted octanol–water partition coefficient (Wildman–Crippen LogP) is 2.83. The van der Waals surface area contributed by atoms with Crippen LogP contribution in [0.1, 0.15) is 26.3 Å². The van der Waals surface area contributed by atoms with Crippen LogP contribution in [0.25, 0.3) is 0 Å². The zero-order valence-corrected chi connectivity index (χ0v) is 11.9. The van der Waals surface area contributed by atoms with Crippen LogP contribution in [0.3, 0.4) is 0 Å². The number of urea groups is 1. The number of nitrogens with one attached hydrogen (secondary N) is 2. The van der Waals surface area contributed by atoms with Crippen LogP contribution in [-0.4, -0.2) is 29.9 Å². The second-order valence-electron chi connectivity index (χ2n) is 4.31. The maximum absolute atomic E-state index is 11.9. The lowest BCUT2D eigenvalue weighted by Gasteiger charge is -2.19. The molecule has 1 rings (SSSR count). The lowest BCUT2D eigenvalue weighted by atomic mass is 10.2. The predicted molar refractivity (Wildman–Crippen MR) is 77.4 cm³/mol. The van der Waals surface area contributed by atoms with Crippen molar-refractivity contribution >= 4 is 23.3 Å². The first-order chi connectivity index (χ1) is 8.97. The van der Waals surface area contributed by atoms with Crippen LogP contribution < -0.4 is 10.6 Å². The van der Waals surface area contributed by atoms with Crippen molar-refractivity contribution in [1.29, 1.82) is 0 Å². The van der Waals surface area contributed by atoms with Gasteiger partial charge in [0, 0.05) is 31.4 Å². The van der Waals surface area contributed by atoms with E-state index < -0.39 is 0 Å². The van der Waals surface area contributed by atoms with Crippen LogP contribution in [0.2, 0.25) is 0 Å². The molecule has 0 aliphatic heterocycles. The molecule has 0 saturated heterocycles. The van der Waals surface area contributed by atoms with E-state index in [1.54, 1.807) is 11.0 Å². The summed E-state index contributed by atoms with van der Waals surface area (Å²) in [4.78, 5) is 24.7. The molecular formula is C14H21N3O2. The molecule has 0 bridgehead atoms. The van der Waals surface area contributed by atoms with E-state index in [-0.39, 0.29) is 11.9 Å². The first-order valence-corrected chi connectivity index (χ1v) is 6.42. The summed E-state index contributed by atoms with van der Waals surface area (Å²) < 4.78 is 0. The van der Waals surface area contributed by atoms with Gasteiger partial charge in [0.2, 0.25) is 5.91 Å². The number of nitrogens with zero attached hydrogens (tertiary/aromatic N) is 1. The Labute approximate surface area is 114 Å². The van der Waals surface area contributed by atoms with Crippen molar-refractivity contribution < 1.29 is 9.59 Å². The second-order valence-corrected chi connectivity index (χ2v) is 4.31. The third kappa shape index (κ3) is 4.28. The van der Waals surface area contributed by atoms with Crippen molar-refractivity contribution in [2.75, 3.05) is 23.7 Å². The van der Waals surface area contributed by atoms with Crippen LogP contribution >= 0.6 is 0 Å². The molecule has 0 saturated carbocycles. The van der Waals surface area contributed by atoms with Gasteiger partial charge in [-0.05, 0) is 38.5 Å². The van der Waals surface area contributed by atoms with E-state index in [0.29, 0.717) is 24.5 Å². The van der Waals surface area contributed by atoms with Crippen LogP contribution in [0.5, 0.6) is 0 Å². The van der Waals surface area contributed by atoms with Gasteiger partial charge in [0.15, 0.2) is 0 Å². The summed E-state index contributed by atoms with van der Waals surface area (Å²) in [7, 11) is 0. The summed E-state index contributed by atoms with van der Waals surface area (Å²) in [5, 5.41) is 5.56. The number of aryl methyl sites for hydroxylation is 1. The van der Waals surface area contributed by atoms with Crippen molar-refractivity contribution in [2.45, 2.75) is 27.7 Å². The molecule has 0 atom stereocenters. The first kappa shape index (κ1) is 15.0. The Morgan fingerprint density at radius 1 is 1.16 bits per heavy atom. The Balaban J connectivity index is 2.84. The minimum atomic E-state index is -0.136. The fraction of sp³-hybridized carbons (Fsp3) is 0.429. The Hall–Kier alpha value is -2.04. The summed E-state index contributed by atoms with van der Waals surface area (Å²) >= 11 is 0. The highest BCUT2D eigenvalue weighted by Crippen LogP contribution is 2.20. The number of carbonyl (C=O) groups is 2. The van der Waals surface area contributed by atoms with Crippen LogP contribution in [-0.2, 0) is 4.79 Å². The zero-order valence-electron chi connectivity index (χ0n) is 11.9. The normalized spacial score (nSPS) is 9.89. The number of benzene rings is 1. The molecule has 3 amide bonds. The lowest BCUT2D eigenvalue weighted by Crippen LogP contribution is -2.34. The third-order valence-electron chi connectivity index (χ3n) is 2.85. The van der Waals surface area contributed by atoms with Gasteiger partial charge in [0.1, 0.15) is 0 Å². The summed E-state index contributed by atoms with van der Waals surface area (Å²) in [6.45, 7) is 8.54. The average molecular weight is 263 g/mol. The maximum Gasteiger partial charge on any atom is 0.321 e. The van der Waals surface area contributed by atoms with Gasteiger partial charge >= 0.3 is 6.03 Å². The number of carbonyl (C=O) groups excluding carboxylic acids is 2. The summed E-state index contributed by atoms with van der Waals surface area (Å²) in [5.74, 6) is -0.129. The average Bonchev–Trinajstić information content (AvgIpc) is 2.34. The Bertz CT molecular complexity index is 468. The number of anilines is 2. The van der Waals surface area contributed by atoms with Crippen LogP contribution in [0, 0.1) is 6.92 Å². The molecule has 0 aromatic heterocycles. The largest absolute Gasteiger partial charge is 0.326 e. The van der Waals surface area contributed by atoms with Crippen molar-refractivity contribution in [3.8, 4) is 0 Å². The van der Waals surface area contributed by atoms with Crippen LogP contribution in [0.4, 0.5) is 16.2 Å². The van der Waals surface area contributed by atoms with E-state index in [1.807, 2.05) is 32.9 Å². The molecule has 0 aliphatic rings. The monoisotopic (exact) mass is 263 g/mol. The number of hydrogen-bond donors (Lipinski definition) is 2. The highest BCUT2D eigenvalue weighted by Gasteiger charge is 2.10. The molecule has 5 heteroatoms. The summed E-state index contributed by atoms with van der Waals surface area (Å²) in [6, 6.07) is 5.31. The van der Waals surface area contributed by atoms with Crippen molar-refractivity contribution in [2.24, 2.45) is 0 Å². The van der Waals surface area contributed by atoms with Crippen molar-refractivity contribution in [3.05, 3.63) is 23.8 Å². The quantitative estimate of drug-likeness (QED) is 0.877. The SMILES string of the molecule is CCN(CC)C(=O)Nc1ccc(C)c(NC(C)=O)c1. The molecule has 5 nitrogen and oxygen atoms in total. The Morgan fingerprint density at radius 3 is 2.32 bits per heavy atom. The number of amides is 3. The van der Waals surface area contributed by atoms with Gasteiger partial charge < -0.3 is 15.5 Å². The highest BCUT2D eigenvalue weighted by molar-refractivity contribution is 5.93. The molecule has 0 unspecified atom stereocenters. The molecule has 1 aromatic rings. The van der Waals surface area contributed by atoms with Gasteiger partial charge in [-0.1, -0.05) is 6.07 Å². The van der Waals surface area contributed by atoms with Gasteiger partial charge in [-0.25, -0.2) is 4.79 Å². The van der Waals surface area contributed by atoms with E-state index in [9.17, 15) is 9.59 Å². The van der Waals surface area contributed by atoms with E-state index in [2.05, 4.69) is 10.6 Å². The number of rotatable bonds is 4. The van der Waals surface area contributed by atoms with Gasteiger partial charge in [0.25, 0.3) is 0 Å². The standard InChI is InChI=1S/C14H21N3O2/c1-5-17(6-2)14(19)16-12-8-7-10(3)13(9-12)15-11(4)18/h7-9H,5-6H2,1-4H3,(H,15,18)(H,16,19). The molecule has 104 valence electrons. The smallest absolute Gasteiger partial charge is 0.321 e. The van der Waals surface area contributed by atoms with Gasteiger partial charge in [0.05, 0.1) is 0 Å². The maximum atomic E-state index is 11.9. The van der Waals surface area contributed by atoms with Crippen LogP contribution in [0.15, 0.2) is 18.2 Å². The van der Waals surface area contributed by atoms with Gasteiger partial charge in [-0.15, -0.1) is 0 Å². The number of hydrogen-bond acceptors (Lipinski definition) is 2. The van der Waals surface area contributed by atoms with Crippen molar-refractivity contribution in [1.82, 2.24) is 4.90 Å². The molecule has 0 fully saturated rings. The summed E-state index contributed by atoms with van der Waals surface area (Å²) in [6.07, 6.45) is 0. The lowest BCUT2D eigenvalue weighted by molar-refractivity contribution is -0.114.